The van der Waals surface area contributed by atoms with E-state index in [0.29, 0.717) is 16.7 Å². The highest BCUT2D eigenvalue weighted by molar-refractivity contribution is 9.10. The number of halogens is 2. The third-order valence-corrected chi connectivity index (χ3v) is 5.72. The van der Waals surface area contributed by atoms with Crippen LogP contribution in [0.2, 0.25) is 5.02 Å². The van der Waals surface area contributed by atoms with Crippen molar-refractivity contribution in [3.8, 4) is 23.2 Å². The average Bonchev–Trinajstić information content (AvgIpc) is 3.42. The van der Waals surface area contributed by atoms with Gasteiger partial charge in [0.2, 0.25) is 11.6 Å². The van der Waals surface area contributed by atoms with Crippen LogP contribution in [0.25, 0.3) is 11.6 Å². The van der Waals surface area contributed by atoms with E-state index >= 15 is 0 Å². The molecule has 0 bridgehead atoms. The largest absolute Gasteiger partial charge is 0.489 e. The summed E-state index contributed by atoms with van der Waals surface area (Å²) in [4.78, 5) is 12.7. The van der Waals surface area contributed by atoms with Gasteiger partial charge in [0.05, 0.1) is 23.2 Å². The molecule has 170 valence electrons. The monoisotopic (exact) mass is 525 g/mol. The molecule has 2 heterocycles. The van der Waals surface area contributed by atoms with Crippen molar-refractivity contribution in [3.63, 3.8) is 0 Å². The molecule has 10 nitrogen and oxygen atoms in total. The third-order valence-electron chi connectivity index (χ3n) is 4.83. The lowest BCUT2D eigenvalue weighted by Gasteiger charge is -2.29. The molecule has 0 radical (unpaired) electrons. The summed E-state index contributed by atoms with van der Waals surface area (Å²) in [6.45, 7) is 1.89. The number of nitrogens with zero attached hydrogens (tertiary/aromatic N) is 5. The first kappa shape index (κ1) is 22.5. The summed E-state index contributed by atoms with van der Waals surface area (Å²) in [6.07, 6.45) is 3.42. The summed E-state index contributed by atoms with van der Waals surface area (Å²) in [5.74, 6) is 1.16. The molecular weight excluding hydrogens is 506 g/mol. The Morgan fingerprint density at radius 3 is 2.72 bits per heavy atom. The highest BCUT2D eigenvalue weighted by atomic mass is 79.9. The quantitative estimate of drug-likeness (QED) is 0.400. The Labute approximate surface area is 197 Å². The number of hydrogen-bond acceptors (Lipinski definition) is 9. The maximum absolute atomic E-state index is 11.5. The fraction of sp³-hybridized carbons (Fsp3) is 0.450. The lowest BCUT2D eigenvalue weighted by molar-refractivity contribution is -0.144. The molecule has 2 aromatic heterocycles. The molecule has 1 aromatic carbocycles. The molecule has 0 amide bonds. The number of esters is 1. The normalized spacial score (nSPS) is 18.3. The summed E-state index contributed by atoms with van der Waals surface area (Å²) >= 11 is 9.55. The maximum atomic E-state index is 11.5. The predicted octanol–water partition coefficient (Wildman–Crippen LogP) is 4.08. The number of aromatic nitrogens is 5. The van der Waals surface area contributed by atoms with Crippen LogP contribution in [-0.2, 0) is 16.1 Å². The maximum Gasteiger partial charge on any atom is 0.329 e. The second kappa shape index (κ2) is 10.3. The molecule has 1 fully saturated rings. The fourth-order valence-electron chi connectivity index (χ4n) is 3.34. The number of tetrazole rings is 1. The summed E-state index contributed by atoms with van der Waals surface area (Å²) in [6, 6.07) is 7.10. The van der Waals surface area contributed by atoms with Gasteiger partial charge in [0.1, 0.15) is 11.9 Å². The van der Waals surface area contributed by atoms with Crippen LogP contribution in [0.3, 0.4) is 0 Å². The molecule has 0 N–H and O–H groups in total. The number of benzene rings is 1. The van der Waals surface area contributed by atoms with Crippen molar-refractivity contribution in [1.29, 1.82) is 0 Å². The molecule has 12 heteroatoms. The molecule has 0 unspecified atom stereocenters. The Bertz CT molecular complexity index is 1070. The van der Waals surface area contributed by atoms with E-state index in [1.165, 1.54) is 0 Å². The number of carbonyl (C=O) groups is 1. The molecule has 1 aliphatic rings. The van der Waals surface area contributed by atoms with Gasteiger partial charge in [0.25, 0.3) is 5.88 Å². The summed E-state index contributed by atoms with van der Waals surface area (Å²) in [5, 5.41) is 16.4. The minimum absolute atomic E-state index is 0.00283. The summed E-state index contributed by atoms with van der Waals surface area (Å²) in [5.41, 5.74) is 0. The minimum atomic E-state index is -0.444. The van der Waals surface area contributed by atoms with E-state index in [4.69, 9.17) is 30.3 Å². The van der Waals surface area contributed by atoms with Gasteiger partial charge < -0.3 is 18.7 Å². The minimum Gasteiger partial charge on any atom is -0.489 e. The number of rotatable bonds is 8. The van der Waals surface area contributed by atoms with Crippen LogP contribution >= 0.6 is 27.5 Å². The molecule has 32 heavy (non-hydrogen) atoms. The number of carbonyl (C=O) groups excluding carboxylic acids is 1. The van der Waals surface area contributed by atoms with Gasteiger partial charge in [-0.1, -0.05) is 11.6 Å². The number of ether oxygens (including phenoxy) is 3. The van der Waals surface area contributed by atoms with Crippen molar-refractivity contribution in [2.24, 2.45) is 0 Å². The Balaban J connectivity index is 1.28. The van der Waals surface area contributed by atoms with E-state index in [0.717, 1.165) is 40.7 Å². The van der Waals surface area contributed by atoms with Crippen molar-refractivity contribution in [2.75, 3.05) is 6.61 Å². The van der Waals surface area contributed by atoms with E-state index in [1.807, 2.05) is 18.2 Å². The highest BCUT2D eigenvalue weighted by Gasteiger charge is 2.25. The first-order chi connectivity index (χ1) is 15.5. The molecule has 4 rings (SSSR count). The second-order valence-electron chi connectivity index (χ2n) is 7.19. The molecule has 0 aliphatic heterocycles. The van der Waals surface area contributed by atoms with Crippen LogP contribution in [0, 0.1) is 0 Å². The highest BCUT2D eigenvalue weighted by Crippen LogP contribution is 2.33. The van der Waals surface area contributed by atoms with E-state index in [2.05, 4.69) is 36.5 Å². The molecular formula is C20H21BrClN5O5. The zero-order valence-electron chi connectivity index (χ0n) is 17.2. The van der Waals surface area contributed by atoms with E-state index < -0.39 is 5.97 Å². The molecule has 3 aromatic rings. The van der Waals surface area contributed by atoms with Crippen LogP contribution in [-0.4, -0.2) is 50.1 Å². The molecule has 1 saturated carbocycles. The molecule has 0 spiro atoms. The Morgan fingerprint density at radius 1 is 1.22 bits per heavy atom. The van der Waals surface area contributed by atoms with Gasteiger partial charge in [-0.15, -0.1) is 10.2 Å². The molecule has 1 aliphatic carbocycles. The predicted molar refractivity (Wildman–Crippen MR) is 116 cm³/mol. The first-order valence-electron chi connectivity index (χ1n) is 10.2. The van der Waals surface area contributed by atoms with E-state index in [9.17, 15) is 4.79 Å². The zero-order chi connectivity index (χ0) is 22.5. The smallest absolute Gasteiger partial charge is 0.329 e. The van der Waals surface area contributed by atoms with Gasteiger partial charge in [-0.2, -0.15) is 4.80 Å². The van der Waals surface area contributed by atoms with Crippen molar-refractivity contribution in [3.05, 3.63) is 33.8 Å². The van der Waals surface area contributed by atoms with Gasteiger partial charge in [0, 0.05) is 5.02 Å². The van der Waals surface area contributed by atoms with Crippen LogP contribution in [0.5, 0.6) is 11.6 Å². The van der Waals surface area contributed by atoms with Gasteiger partial charge in [0.15, 0.2) is 6.54 Å². The number of hydrogen-bond donors (Lipinski definition) is 0. The van der Waals surface area contributed by atoms with Gasteiger partial charge in [-0.05, 0) is 77.1 Å². The average molecular weight is 527 g/mol. The third kappa shape index (κ3) is 5.77. The fourth-order valence-corrected chi connectivity index (χ4v) is 3.84. The van der Waals surface area contributed by atoms with Gasteiger partial charge >= 0.3 is 5.97 Å². The Hall–Kier alpha value is -2.66. The van der Waals surface area contributed by atoms with Crippen LogP contribution in [0.4, 0.5) is 0 Å². The van der Waals surface area contributed by atoms with Crippen LogP contribution in [0.15, 0.2) is 33.3 Å². The lowest BCUT2D eigenvalue weighted by atomic mass is 9.95. The standard InChI is InChI=1S/C20H21BrClN5O5/c1-2-29-19(28)11-27-24-20(23-26-27)17-10-18(25-32-17)31-14-6-4-13(5-7-14)30-16-9-12(22)3-8-15(16)21/h3,8-10,13-14H,2,4-7,11H2,1H3. The van der Waals surface area contributed by atoms with Crippen LogP contribution < -0.4 is 9.47 Å². The SMILES string of the molecule is CCOC(=O)Cn1nnc(-c2cc(OC3CCC(Oc4cc(Cl)ccc4Br)CC3)no2)n1. The van der Waals surface area contributed by atoms with Crippen molar-refractivity contribution >= 4 is 33.5 Å². The van der Waals surface area contributed by atoms with E-state index in [-0.39, 0.29) is 31.2 Å². The lowest BCUT2D eigenvalue weighted by Crippen LogP contribution is -2.30. The first-order valence-corrected chi connectivity index (χ1v) is 11.4. The van der Waals surface area contributed by atoms with Gasteiger partial charge in [-0.3, -0.25) is 0 Å². The molecule has 0 atom stereocenters. The Morgan fingerprint density at radius 2 is 1.97 bits per heavy atom. The topological polar surface area (TPSA) is 114 Å². The van der Waals surface area contributed by atoms with Crippen LogP contribution in [0.1, 0.15) is 32.6 Å². The Kier molecular flexibility index (Phi) is 7.26. The van der Waals surface area contributed by atoms with E-state index in [1.54, 1.807) is 13.0 Å². The second-order valence-corrected chi connectivity index (χ2v) is 8.48. The summed E-state index contributed by atoms with van der Waals surface area (Å²) < 4.78 is 23.1. The van der Waals surface area contributed by atoms with Gasteiger partial charge in [-0.25, -0.2) is 4.79 Å². The van der Waals surface area contributed by atoms with Crippen molar-refractivity contribution in [2.45, 2.75) is 51.4 Å². The van der Waals surface area contributed by atoms with Crippen molar-refractivity contribution < 1.29 is 23.5 Å². The molecule has 0 saturated heterocycles. The summed E-state index contributed by atoms with van der Waals surface area (Å²) in [7, 11) is 0. The zero-order valence-corrected chi connectivity index (χ0v) is 19.6. The van der Waals surface area contributed by atoms with Crippen molar-refractivity contribution in [1.82, 2.24) is 25.4 Å².